The van der Waals surface area contributed by atoms with Gasteiger partial charge in [0.15, 0.2) is 0 Å². The van der Waals surface area contributed by atoms with Crippen LogP contribution in [0, 0.1) is 17.2 Å². The molecule has 1 aromatic rings. The molecule has 0 saturated heterocycles. The summed E-state index contributed by atoms with van der Waals surface area (Å²) in [6.45, 7) is 4.20. The van der Waals surface area contributed by atoms with Crippen LogP contribution in [0.5, 0.6) is 0 Å². The lowest BCUT2D eigenvalue weighted by atomic mass is 9.95. The molecule has 0 aliphatic carbocycles. The van der Waals surface area contributed by atoms with Crippen LogP contribution in [-0.4, -0.2) is 10.2 Å². The van der Waals surface area contributed by atoms with Gasteiger partial charge in [-0.3, -0.25) is 0 Å². The minimum atomic E-state index is -0.117. The molecule has 0 spiro atoms. The van der Waals surface area contributed by atoms with Crippen LogP contribution in [0.3, 0.4) is 0 Å². The first-order valence-corrected chi connectivity index (χ1v) is 4.41. The van der Waals surface area contributed by atoms with Crippen LogP contribution < -0.4 is 0 Å². The molecule has 0 aromatic carbocycles. The molecule has 68 valence electrons. The Morgan fingerprint density at radius 1 is 1.54 bits per heavy atom. The molecule has 0 radical (unpaired) electrons. The molecule has 1 rings (SSSR count). The Balaban J connectivity index is 2.75. The number of nitriles is 1. The van der Waals surface area contributed by atoms with Crippen molar-refractivity contribution in [3.05, 3.63) is 24.0 Å². The van der Waals surface area contributed by atoms with Gasteiger partial charge in [0.2, 0.25) is 0 Å². The van der Waals surface area contributed by atoms with Gasteiger partial charge in [-0.25, -0.2) is 0 Å². The first kappa shape index (κ1) is 9.66. The van der Waals surface area contributed by atoms with Crippen molar-refractivity contribution in [1.82, 2.24) is 10.2 Å². The van der Waals surface area contributed by atoms with E-state index in [1.54, 1.807) is 6.20 Å². The van der Waals surface area contributed by atoms with Gasteiger partial charge in [0.25, 0.3) is 0 Å². The molecule has 0 amide bonds. The highest BCUT2D eigenvalue weighted by Gasteiger charge is 2.13. The first-order chi connectivity index (χ1) is 6.24. The fourth-order valence-corrected chi connectivity index (χ4v) is 1.21. The van der Waals surface area contributed by atoms with E-state index in [4.69, 9.17) is 5.26 Å². The molecule has 0 saturated carbocycles. The molecule has 0 fully saturated rings. The van der Waals surface area contributed by atoms with Crippen molar-refractivity contribution in [3.63, 3.8) is 0 Å². The largest absolute Gasteiger partial charge is 0.198 e. The summed E-state index contributed by atoms with van der Waals surface area (Å²) < 4.78 is 0. The standard InChI is InChI=1S/C10H13N3/c1-8(2)6-9(7-11)10-4-3-5-12-13-10/h3-5,8-9H,6H2,1-2H3. The number of nitrogens with zero attached hydrogens (tertiary/aromatic N) is 3. The van der Waals surface area contributed by atoms with Crippen molar-refractivity contribution in [2.24, 2.45) is 5.92 Å². The molecule has 0 bridgehead atoms. The molecule has 0 aliphatic heterocycles. The molecular formula is C10H13N3. The van der Waals surface area contributed by atoms with Crippen molar-refractivity contribution >= 4 is 0 Å². The van der Waals surface area contributed by atoms with Gasteiger partial charge in [-0.1, -0.05) is 13.8 Å². The predicted molar refractivity (Wildman–Crippen MR) is 49.8 cm³/mol. The lowest BCUT2D eigenvalue weighted by Crippen LogP contribution is -2.03. The fraction of sp³-hybridized carbons (Fsp3) is 0.500. The van der Waals surface area contributed by atoms with Crippen molar-refractivity contribution in [3.8, 4) is 6.07 Å². The third-order valence-electron chi connectivity index (χ3n) is 1.81. The second-order valence-corrected chi connectivity index (χ2v) is 3.46. The molecule has 1 aromatic heterocycles. The zero-order valence-corrected chi connectivity index (χ0v) is 7.94. The molecule has 1 unspecified atom stereocenters. The quantitative estimate of drug-likeness (QED) is 0.707. The number of hydrogen-bond acceptors (Lipinski definition) is 3. The number of rotatable bonds is 3. The van der Waals surface area contributed by atoms with E-state index in [1.807, 2.05) is 12.1 Å². The van der Waals surface area contributed by atoms with Gasteiger partial charge in [0, 0.05) is 6.20 Å². The highest BCUT2D eigenvalue weighted by Crippen LogP contribution is 2.20. The van der Waals surface area contributed by atoms with E-state index >= 15 is 0 Å². The Morgan fingerprint density at radius 3 is 2.77 bits per heavy atom. The van der Waals surface area contributed by atoms with Crippen molar-refractivity contribution in [2.45, 2.75) is 26.2 Å². The van der Waals surface area contributed by atoms with Crippen LogP contribution in [0.4, 0.5) is 0 Å². The molecule has 3 nitrogen and oxygen atoms in total. The lowest BCUT2D eigenvalue weighted by molar-refractivity contribution is 0.545. The molecule has 0 aliphatic rings. The summed E-state index contributed by atoms with van der Waals surface area (Å²) in [6, 6.07) is 5.91. The van der Waals surface area contributed by atoms with Crippen LogP contribution in [0.15, 0.2) is 18.3 Å². The van der Waals surface area contributed by atoms with Crippen molar-refractivity contribution < 1.29 is 0 Å². The Bertz CT molecular complexity index is 287. The molecule has 3 heteroatoms. The third kappa shape index (κ3) is 2.83. The van der Waals surface area contributed by atoms with Gasteiger partial charge in [0.1, 0.15) is 0 Å². The maximum Gasteiger partial charge on any atom is 0.0905 e. The molecule has 13 heavy (non-hydrogen) atoms. The second kappa shape index (κ2) is 4.56. The Morgan fingerprint density at radius 2 is 2.31 bits per heavy atom. The smallest absolute Gasteiger partial charge is 0.0905 e. The Kier molecular flexibility index (Phi) is 3.39. The highest BCUT2D eigenvalue weighted by atomic mass is 15.1. The van der Waals surface area contributed by atoms with Crippen LogP contribution >= 0.6 is 0 Å². The lowest BCUT2D eigenvalue weighted by Gasteiger charge is -2.09. The van der Waals surface area contributed by atoms with Crippen LogP contribution in [0.2, 0.25) is 0 Å². The normalized spacial score (nSPS) is 12.5. The van der Waals surface area contributed by atoms with Crippen molar-refractivity contribution in [1.29, 1.82) is 5.26 Å². The SMILES string of the molecule is CC(C)CC(C#N)c1cccnn1. The molecule has 0 N–H and O–H groups in total. The predicted octanol–water partition coefficient (Wildman–Crippen LogP) is 2.13. The summed E-state index contributed by atoms with van der Waals surface area (Å²) in [5, 5.41) is 16.6. The zero-order valence-electron chi connectivity index (χ0n) is 7.94. The minimum Gasteiger partial charge on any atom is -0.198 e. The monoisotopic (exact) mass is 175 g/mol. The van der Waals surface area contributed by atoms with Crippen molar-refractivity contribution in [2.75, 3.05) is 0 Å². The highest BCUT2D eigenvalue weighted by molar-refractivity contribution is 5.14. The topological polar surface area (TPSA) is 49.6 Å². The molecular weight excluding hydrogens is 162 g/mol. The summed E-state index contributed by atoms with van der Waals surface area (Å²) in [4.78, 5) is 0. The third-order valence-corrected chi connectivity index (χ3v) is 1.81. The zero-order chi connectivity index (χ0) is 9.68. The fourth-order valence-electron chi connectivity index (χ4n) is 1.21. The van der Waals surface area contributed by atoms with Crippen LogP contribution in [0.1, 0.15) is 31.9 Å². The van der Waals surface area contributed by atoms with Gasteiger partial charge in [-0.15, -0.1) is 0 Å². The van der Waals surface area contributed by atoms with Gasteiger partial charge >= 0.3 is 0 Å². The van der Waals surface area contributed by atoms with Gasteiger partial charge in [-0.05, 0) is 24.5 Å². The van der Waals surface area contributed by atoms with E-state index < -0.39 is 0 Å². The van der Waals surface area contributed by atoms with E-state index in [1.165, 1.54) is 0 Å². The summed E-state index contributed by atoms with van der Waals surface area (Å²) in [5.41, 5.74) is 0.777. The maximum atomic E-state index is 8.91. The van der Waals surface area contributed by atoms with Crippen LogP contribution in [-0.2, 0) is 0 Å². The molecule has 1 heterocycles. The van der Waals surface area contributed by atoms with Gasteiger partial charge in [-0.2, -0.15) is 15.5 Å². The van der Waals surface area contributed by atoms with E-state index in [9.17, 15) is 0 Å². The summed E-state index contributed by atoms with van der Waals surface area (Å²) >= 11 is 0. The summed E-state index contributed by atoms with van der Waals surface area (Å²) in [6.07, 6.45) is 2.46. The Hall–Kier alpha value is -1.43. The second-order valence-electron chi connectivity index (χ2n) is 3.46. The number of aromatic nitrogens is 2. The van der Waals surface area contributed by atoms with Crippen LogP contribution in [0.25, 0.3) is 0 Å². The molecule has 1 atom stereocenters. The Labute approximate surface area is 78.4 Å². The van der Waals surface area contributed by atoms with E-state index in [0.717, 1.165) is 12.1 Å². The first-order valence-electron chi connectivity index (χ1n) is 4.41. The summed E-state index contributed by atoms with van der Waals surface area (Å²) in [7, 11) is 0. The number of hydrogen-bond donors (Lipinski definition) is 0. The maximum absolute atomic E-state index is 8.91. The van der Waals surface area contributed by atoms with E-state index in [-0.39, 0.29) is 5.92 Å². The summed E-state index contributed by atoms with van der Waals surface area (Å²) in [5.74, 6) is 0.389. The van der Waals surface area contributed by atoms with Gasteiger partial charge < -0.3 is 0 Å². The average molecular weight is 175 g/mol. The van der Waals surface area contributed by atoms with E-state index in [0.29, 0.717) is 5.92 Å². The average Bonchev–Trinajstić information content (AvgIpc) is 2.15. The van der Waals surface area contributed by atoms with E-state index in [2.05, 4.69) is 30.1 Å². The minimum absolute atomic E-state index is 0.117. The van der Waals surface area contributed by atoms with Gasteiger partial charge in [0.05, 0.1) is 17.7 Å².